The van der Waals surface area contributed by atoms with Gasteiger partial charge in [0.25, 0.3) is 0 Å². The van der Waals surface area contributed by atoms with Crippen molar-refractivity contribution >= 4 is 0 Å². The lowest BCUT2D eigenvalue weighted by molar-refractivity contribution is 0.0330. The molecule has 1 aromatic heterocycles. The largest absolute Gasteiger partial charge is 0.391 e. The number of aryl methyl sites for hydroxylation is 1. The van der Waals surface area contributed by atoms with Crippen molar-refractivity contribution in [2.24, 2.45) is 0 Å². The molecule has 0 spiro atoms. The number of fused-ring (bicyclic) bond motifs is 1. The highest BCUT2D eigenvalue weighted by Gasteiger charge is 2.36. The van der Waals surface area contributed by atoms with Gasteiger partial charge in [-0.25, -0.2) is 0 Å². The van der Waals surface area contributed by atoms with E-state index >= 15 is 0 Å². The summed E-state index contributed by atoms with van der Waals surface area (Å²) in [6, 6.07) is 4.39. The van der Waals surface area contributed by atoms with Crippen molar-refractivity contribution in [3.05, 3.63) is 29.6 Å². The highest BCUT2D eigenvalue weighted by Crippen LogP contribution is 2.34. The highest BCUT2D eigenvalue weighted by atomic mass is 16.3. The first kappa shape index (κ1) is 14.9. The van der Waals surface area contributed by atoms with E-state index in [2.05, 4.69) is 34.9 Å². The first-order valence-corrected chi connectivity index (χ1v) is 8.17. The van der Waals surface area contributed by atoms with Gasteiger partial charge in [0.1, 0.15) is 0 Å². The van der Waals surface area contributed by atoms with Crippen LogP contribution >= 0.6 is 0 Å². The van der Waals surface area contributed by atoms with Crippen molar-refractivity contribution in [3.8, 4) is 0 Å². The molecule has 21 heavy (non-hydrogen) atoms. The zero-order valence-electron chi connectivity index (χ0n) is 13.2. The molecular formula is C17H27N3O. The molecular weight excluding hydrogens is 262 g/mol. The Morgan fingerprint density at radius 3 is 3.00 bits per heavy atom. The van der Waals surface area contributed by atoms with Gasteiger partial charge in [0.15, 0.2) is 0 Å². The lowest BCUT2D eigenvalue weighted by Crippen LogP contribution is -2.49. The normalized spacial score (nSPS) is 29.7. The second-order valence-corrected chi connectivity index (χ2v) is 6.70. The van der Waals surface area contributed by atoms with Crippen LogP contribution in [0.4, 0.5) is 0 Å². The van der Waals surface area contributed by atoms with Crippen LogP contribution < -0.4 is 0 Å². The number of aliphatic hydroxyl groups is 1. The number of hydrogen-bond acceptors (Lipinski definition) is 4. The van der Waals surface area contributed by atoms with E-state index < -0.39 is 0 Å². The van der Waals surface area contributed by atoms with Crippen LogP contribution in [-0.4, -0.2) is 65.8 Å². The van der Waals surface area contributed by atoms with Gasteiger partial charge in [0, 0.05) is 30.4 Å². The van der Waals surface area contributed by atoms with Gasteiger partial charge in [-0.15, -0.1) is 0 Å². The molecule has 0 amide bonds. The third-order valence-electron chi connectivity index (χ3n) is 5.16. The van der Waals surface area contributed by atoms with Crippen LogP contribution in [0.5, 0.6) is 0 Å². The lowest BCUT2D eigenvalue weighted by atomic mass is 9.80. The minimum absolute atomic E-state index is 0.189. The first-order valence-electron chi connectivity index (χ1n) is 8.17. The number of pyridine rings is 1. The maximum atomic E-state index is 11.1. The van der Waals surface area contributed by atoms with Gasteiger partial charge in [-0.1, -0.05) is 6.07 Å². The standard InChI is InChI=1S/C17H27N3O/c1-19-10-5-11-20(2)15(12-19)17(21)14-8-3-6-13-7-4-9-18-16(13)14/h4,7,9,14-15,17,21H,3,5-6,8,10-12H2,1-2H3. The number of aliphatic hydroxyl groups excluding tert-OH is 1. The first-order chi connectivity index (χ1) is 10.2. The summed E-state index contributed by atoms with van der Waals surface area (Å²) in [5.41, 5.74) is 2.47. The molecule has 3 atom stereocenters. The van der Waals surface area contributed by atoms with E-state index in [9.17, 15) is 5.11 Å². The summed E-state index contributed by atoms with van der Waals surface area (Å²) in [4.78, 5) is 9.28. The summed E-state index contributed by atoms with van der Waals surface area (Å²) in [7, 11) is 4.31. The van der Waals surface area contributed by atoms with Gasteiger partial charge < -0.3 is 10.0 Å². The third-order valence-corrected chi connectivity index (χ3v) is 5.16. The SMILES string of the molecule is CN1CCCN(C)C(C(O)C2CCCc3cccnc32)C1. The smallest absolute Gasteiger partial charge is 0.0791 e. The van der Waals surface area contributed by atoms with Crippen molar-refractivity contribution in [1.82, 2.24) is 14.8 Å². The van der Waals surface area contributed by atoms with Crippen LogP contribution in [0.25, 0.3) is 0 Å². The van der Waals surface area contributed by atoms with Crippen LogP contribution in [-0.2, 0) is 6.42 Å². The summed E-state index contributed by atoms with van der Waals surface area (Å²) in [6.07, 6.45) is 6.03. The molecule has 0 saturated carbocycles. The second-order valence-electron chi connectivity index (χ2n) is 6.70. The molecule has 1 aliphatic heterocycles. The second kappa shape index (κ2) is 6.42. The van der Waals surface area contributed by atoms with E-state index in [1.807, 2.05) is 12.3 Å². The Hall–Kier alpha value is -0.970. The Morgan fingerprint density at radius 2 is 2.14 bits per heavy atom. The molecule has 1 N–H and O–H groups in total. The average Bonchev–Trinajstić information content (AvgIpc) is 2.67. The van der Waals surface area contributed by atoms with Gasteiger partial charge in [0.2, 0.25) is 0 Å². The third kappa shape index (κ3) is 3.12. The Balaban J connectivity index is 1.83. The molecule has 4 nitrogen and oxygen atoms in total. The molecule has 1 aliphatic carbocycles. The molecule has 3 unspecified atom stereocenters. The van der Waals surface area contributed by atoms with Crippen LogP contribution in [0.3, 0.4) is 0 Å². The quantitative estimate of drug-likeness (QED) is 0.895. The maximum absolute atomic E-state index is 11.1. The molecule has 2 aliphatic rings. The molecule has 1 fully saturated rings. The van der Waals surface area contributed by atoms with Crippen LogP contribution in [0.15, 0.2) is 18.3 Å². The molecule has 2 heterocycles. The number of aromatic nitrogens is 1. The van der Waals surface area contributed by atoms with Crippen molar-refractivity contribution in [1.29, 1.82) is 0 Å². The van der Waals surface area contributed by atoms with E-state index in [1.165, 1.54) is 12.0 Å². The van der Waals surface area contributed by atoms with Gasteiger partial charge in [0.05, 0.1) is 6.10 Å². The summed E-state index contributed by atoms with van der Waals surface area (Å²) < 4.78 is 0. The van der Waals surface area contributed by atoms with E-state index in [0.717, 1.165) is 44.6 Å². The van der Waals surface area contributed by atoms with Gasteiger partial charge in [-0.2, -0.15) is 0 Å². The molecule has 3 rings (SSSR count). The molecule has 0 bridgehead atoms. The zero-order chi connectivity index (χ0) is 14.8. The zero-order valence-corrected chi connectivity index (χ0v) is 13.2. The minimum Gasteiger partial charge on any atom is -0.391 e. The molecule has 1 aromatic rings. The van der Waals surface area contributed by atoms with Crippen molar-refractivity contribution < 1.29 is 5.11 Å². The predicted molar refractivity (Wildman–Crippen MR) is 84.5 cm³/mol. The summed E-state index contributed by atoms with van der Waals surface area (Å²) >= 11 is 0. The monoisotopic (exact) mass is 289 g/mol. The van der Waals surface area contributed by atoms with Gasteiger partial charge in [-0.05, 0) is 64.5 Å². The van der Waals surface area contributed by atoms with Crippen molar-refractivity contribution in [2.45, 2.75) is 43.7 Å². The predicted octanol–water partition coefficient (Wildman–Crippen LogP) is 1.50. The fourth-order valence-corrected chi connectivity index (χ4v) is 3.92. The Labute approximate surface area is 127 Å². The number of likely N-dealkylation sites (N-methyl/N-ethyl adjacent to an activating group) is 2. The molecule has 0 aromatic carbocycles. The van der Waals surface area contributed by atoms with Crippen molar-refractivity contribution in [2.75, 3.05) is 33.7 Å². The molecule has 0 radical (unpaired) electrons. The topological polar surface area (TPSA) is 39.6 Å². The van der Waals surface area contributed by atoms with Crippen LogP contribution in [0.2, 0.25) is 0 Å². The lowest BCUT2D eigenvalue weighted by Gasteiger charge is -2.37. The average molecular weight is 289 g/mol. The summed E-state index contributed by atoms with van der Waals surface area (Å²) in [5, 5.41) is 11.1. The maximum Gasteiger partial charge on any atom is 0.0791 e. The van der Waals surface area contributed by atoms with Crippen LogP contribution in [0, 0.1) is 0 Å². The van der Waals surface area contributed by atoms with E-state index in [0.29, 0.717) is 0 Å². The van der Waals surface area contributed by atoms with E-state index in [-0.39, 0.29) is 18.1 Å². The van der Waals surface area contributed by atoms with Crippen molar-refractivity contribution in [3.63, 3.8) is 0 Å². The summed E-state index contributed by atoms with van der Waals surface area (Å²) in [5.74, 6) is 0.189. The Kier molecular flexibility index (Phi) is 4.57. The number of hydrogen-bond donors (Lipinski definition) is 1. The summed E-state index contributed by atoms with van der Waals surface area (Å²) in [6.45, 7) is 3.12. The van der Waals surface area contributed by atoms with E-state index in [4.69, 9.17) is 0 Å². The fourth-order valence-electron chi connectivity index (χ4n) is 3.92. The van der Waals surface area contributed by atoms with Crippen LogP contribution in [0.1, 0.15) is 36.4 Å². The molecule has 4 heteroatoms. The number of rotatable bonds is 2. The molecule has 116 valence electrons. The Morgan fingerprint density at radius 1 is 1.29 bits per heavy atom. The Bertz CT molecular complexity index is 479. The number of nitrogens with zero attached hydrogens (tertiary/aromatic N) is 3. The molecule has 1 saturated heterocycles. The van der Waals surface area contributed by atoms with E-state index in [1.54, 1.807) is 0 Å². The van der Waals surface area contributed by atoms with Gasteiger partial charge in [-0.3, -0.25) is 9.88 Å². The fraction of sp³-hybridized carbons (Fsp3) is 0.706. The van der Waals surface area contributed by atoms with Gasteiger partial charge >= 0.3 is 0 Å². The minimum atomic E-state index is -0.329. The highest BCUT2D eigenvalue weighted by molar-refractivity contribution is 5.27.